The quantitative estimate of drug-likeness (QED) is 0.696. The van der Waals surface area contributed by atoms with Crippen LogP contribution in [0.15, 0.2) is 71.2 Å². The largest absolute Gasteiger partial charge is 0.365 e. The predicted molar refractivity (Wildman–Crippen MR) is 97.9 cm³/mol. The van der Waals surface area contributed by atoms with Crippen molar-refractivity contribution in [2.45, 2.75) is 6.54 Å². The Morgan fingerprint density at radius 3 is 2.21 bits per heavy atom. The molecule has 0 saturated carbocycles. The molecule has 2 N–H and O–H groups in total. The lowest BCUT2D eigenvalue weighted by Gasteiger charge is -2.07. The van der Waals surface area contributed by atoms with Crippen LogP contribution in [0.25, 0.3) is 0 Å². The van der Waals surface area contributed by atoms with Gasteiger partial charge in [-0.25, -0.2) is 0 Å². The van der Waals surface area contributed by atoms with Gasteiger partial charge in [0.15, 0.2) is 5.82 Å². The number of hydrogen-bond acceptors (Lipinski definition) is 4. The van der Waals surface area contributed by atoms with Gasteiger partial charge in [0.2, 0.25) is 0 Å². The van der Waals surface area contributed by atoms with Gasteiger partial charge in [0.05, 0.1) is 0 Å². The Hall–Kier alpha value is -2.73. The van der Waals surface area contributed by atoms with E-state index in [4.69, 9.17) is 0 Å². The van der Waals surface area contributed by atoms with E-state index in [0.717, 1.165) is 10.0 Å². The van der Waals surface area contributed by atoms with Crippen molar-refractivity contribution in [3.8, 4) is 0 Å². The van der Waals surface area contributed by atoms with Crippen molar-refractivity contribution >= 4 is 33.5 Å². The number of aromatic nitrogens is 2. The van der Waals surface area contributed by atoms with Crippen LogP contribution in [-0.2, 0) is 6.54 Å². The Kier molecular flexibility index (Phi) is 5.18. The maximum absolute atomic E-state index is 12.1. The SMILES string of the molecule is O=C(Nc1ccc(NCc2ccccc2)nn1)c1ccc(Br)cc1. The van der Waals surface area contributed by atoms with Crippen molar-refractivity contribution in [1.29, 1.82) is 0 Å². The van der Waals surface area contributed by atoms with E-state index >= 15 is 0 Å². The average molecular weight is 383 g/mol. The molecule has 5 nitrogen and oxygen atoms in total. The van der Waals surface area contributed by atoms with Gasteiger partial charge in [0.25, 0.3) is 5.91 Å². The van der Waals surface area contributed by atoms with Crippen LogP contribution >= 0.6 is 15.9 Å². The number of halogens is 1. The van der Waals surface area contributed by atoms with E-state index in [-0.39, 0.29) is 5.91 Å². The van der Waals surface area contributed by atoms with Crippen LogP contribution < -0.4 is 10.6 Å². The molecule has 24 heavy (non-hydrogen) atoms. The maximum Gasteiger partial charge on any atom is 0.256 e. The zero-order valence-corrected chi connectivity index (χ0v) is 14.3. The molecule has 3 aromatic rings. The van der Waals surface area contributed by atoms with Crippen molar-refractivity contribution in [3.63, 3.8) is 0 Å². The van der Waals surface area contributed by atoms with Gasteiger partial charge in [-0.2, -0.15) is 0 Å². The third-order valence-corrected chi connectivity index (χ3v) is 3.86. The molecule has 3 rings (SSSR count). The second-order valence-corrected chi connectivity index (χ2v) is 6.02. The lowest BCUT2D eigenvalue weighted by molar-refractivity contribution is 0.102. The van der Waals surface area contributed by atoms with Crippen LogP contribution in [-0.4, -0.2) is 16.1 Å². The molecule has 1 amide bonds. The van der Waals surface area contributed by atoms with E-state index in [9.17, 15) is 4.79 Å². The van der Waals surface area contributed by atoms with Crippen LogP contribution in [0.5, 0.6) is 0 Å². The van der Waals surface area contributed by atoms with Crippen molar-refractivity contribution in [2.24, 2.45) is 0 Å². The molecule has 0 aliphatic carbocycles. The molecule has 0 saturated heterocycles. The molecule has 120 valence electrons. The molecule has 0 atom stereocenters. The minimum absolute atomic E-state index is 0.221. The number of amides is 1. The number of carbonyl (C=O) groups excluding carboxylic acids is 1. The van der Waals surface area contributed by atoms with E-state index in [2.05, 4.69) is 36.8 Å². The summed E-state index contributed by atoms with van der Waals surface area (Å²) in [7, 11) is 0. The first-order valence-electron chi connectivity index (χ1n) is 7.39. The summed E-state index contributed by atoms with van der Waals surface area (Å²) in [4.78, 5) is 12.1. The van der Waals surface area contributed by atoms with Gasteiger partial charge in [0.1, 0.15) is 5.82 Å². The Balaban J connectivity index is 1.58. The van der Waals surface area contributed by atoms with Gasteiger partial charge in [0, 0.05) is 16.6 Å². The first-order valence-corrected chi connectivity index (χ1v) is 8.18. The van der Waals surface area contributed by atoms with Crippen LogP contribution in [0, 0.1) is 0 Å². The Morgan fingerprint density at radius 1 is 0.875 bits per heavy atom. The first-order chi connectivity index (χ1) is 11.7. The molecule has 0 aliphatic rings. The van der Waals surface area contributed by atoms with Gasteiger partial charge < -0.3 is 10.6 Å². The van der Waals surface area contributed by atoms with Crippen molar-refractivity contribution in [1.82, 2.24) is 10.2 Å². The van der Waals surface area contributed by atoms with Gasteiger partial charge in [-0.3, -0.25) is 4.79 Å². The number of carbonyl (C=O) groups is 1. The van der Waals surface area contributed by atoms with Gasteiger partial charge in [-0.15, -0.1) is 10.2 Å². The fraction of sp³-hybridized carbons (Fsp3) is 0.0556. The second-order valence-electron chi connectivity index (χ2n) is 5.10. The first kappa shape index (κ1) is 16.1. The molecular formula is C18H15BrN4O. The molecular weight excluding hydrogens is 368 g/mol. The van der Waals surface area contributed by atoms with Gasteiger partial charge in [-0.1, -0.05) is 46.3 Å². The minimum atomic E-state index is -0.221. The van der Waals surface area contributed by atoms with Crippen molar-refractivity contribution < 1.29 is 4.79 Å². The summed E-state index contributed by atoms with van der Waals surface area (Å²) >= 11 is 3.34. The molecule has 2 aromatic carbocycles. The number of nitrogens with zero attached hydrogens (tertiary/aromatic N) is 2. The van der Waals surface area contributed by atoms with Crippen molar-refractivity contribution in [3.05, 3.63) is 82.3 Å². The fourth-order valence-electron chi connectivity index (χ4n) is 2.07. The predicted octanol–water partition coefficient (Wildman–Crippen LogP) is 4.10. The molecule has 0 aliphatic heterocycles. The lowest BCUT2D eigenvalue weighted by Crippen LogP contribution is -2.13. The highest BCUT2D eigenvalue weighted by atomic mass is 79.9. The summed E-state index contributed by atoms with van der Waals surface area (Å²) in [6.07, 6.45) is 0. The number of anilines is 2. The zero-order valence-electron chi connectivity index (χ0n) is 12.7. The second kappa shape index (κ2) is 7.70. The number of rotatable bonds is 5. The van der Waals surface area contributed by atoms with Crippen LogP contribution in [0.1, 0.15) is 15.9 Å². The number of hydrogen-bond donors (Lipinski definition) is 2. The summed E-state index contributed by atoms with van der Waals surface area (Å²) in [6.45, 7) is 0.667. The molecule has 1 heterocycles. The normalized spacial score (nSPS) is 10.2. The highest BCUT2D eigenvalue weighted by molar-refractivity contribution is 9.10. The summed E-state index contributed by atoms with van der Waals surface area (Å²) in [5.41, 5.74) is 1.72. The third kappa shape index (κ3) is 4.39. The zero-order chi connectivity index (χ0) is 16.8. The summed E-state index contributed by atoms with van der Waals surface area (Å²) in [6, 6.07) is 20.6. The molecule has 0 bridgehead atoms. The van der Waals surface area contributed by atoms with E-state index in [1.807, 2.05) is 42.5 Å². The Morgan fingerprint density at radius 2 is 1.54 bits per heavy atom. The summed E-state index contributed by atoms with van der Waals surface area (Å²) in [5.74, 6) is 0.843. The molecule has 0 unspecified atom stereocenters. The van der Waals surface area contributed by atoms with Crippen LogP contribution in [0.2, 0.25) is 0 Å². The topological polar surface area (TPSA) is 66.9 Å². The molecule has 1 aromatic heterocycles. The van der Waals surface area contributed by atoms with Crippen LogP contribution in [0.3, 0.4) is 0 Å². The van der Waals surface area contributed by atoms with Gasteiger partial charge in [-0.05, 0) is 42.0 Å². The van der Waals surface area contributed by atoms with E-state index in [0.29, 0.717) is 23.7 Å². The monoisotopic (exact) mass is 382 g/mol. The average Bonchev–Trinajstić information content (AvgIpc) is 2.62. The van der Waals surface area contributed by atoms with E-state index < -0.39 is 0 Å². The summed E-state index contributed by atoms with van der Waals surface area (Å²) in [5, 5.41) is 14.0. The Labute approximate surface area is 148 Å². The molecule has 0 fully saturated rings. The fourth-order valence-corrected chi connectivity index (χ4v) is 2.34. The lowest BCUT2D eigenvalue weighted by atomic mass is 10.2. The maximum atomic E-state index is 12.1. The number of benzene rings is 2. The molecule has 0 radical (unpaired) electrons. The van der Waals surface area contributed by atoms with Crippen LogP contribution in [0.4, 0.5) is 11.6 Å². The van der Waals surface area contributed by atoms with Gasteiger partial charge >= 0.3 is 0 Å². The summed E-state index contributed by atoms with van der Waals surface area (Å²) < 4.78 is 0.924. The molecule has 0 spiro atoms. The number of nitrogens with one attached hydrogen (secondary N) is 2. The molecule has 6 heteroatoms. The third-order valence-electron chi connectivity index (χ3n) is 3.33. The van der Waals surface area contributed by atoms with Crippen molar-refractivity contribution in [2.75, 3.05) is 10.6 Å². The van der Waals surface area contributed by atoms with E-state index in [1.54, 1.807) is 24.3 Å². The minimum Gasteiger partial charge on any atom is -0.365 e. The van der Waals surface area contributed by atoms with E-state index in [1.165, 1.54) is 0 Å². The highest BCUT2D eigenvalue weighted by Crippen LogP contribution is 2.13. The highest BCUT2D eigenvalue weighted by Gasteiger charge is 2.07. The standard InChI is InChI=1S/C18H15BrN4O/c19-15-8-6-14(7-9-15)18(24)21-17-11-10-16(22-23-17)20-12-13-4-2-1-3-5-13/h1-11H,12H2,(H,20,22)(H,21,23,24). The Bertz CT molecular complexity index is 805. The smallest absolute Gasteiger partial charge is 0.256 e.